The van der Waals surface area contributed by atoms with Crippen LogP contribution in [0.3, 0.4) is 0 Å². The Morgan fingerprint density at radius 2 is 2.00 bits per heavy atom. The van der Waals surface area contributed by atoms with Gasteiger partial charge in [0.2, 0.25) is 0 Å². The van der Waals surface area contributed by atoms with Crippen molar-refractivity contribution < 1.29 is 9.53 Å². The number of carbonyl (C=O) groups is 1. The predicted molar refractivity (Wildman–Crippen MR) is 95.2 cm³/mol. The van der Waals surface area contributed by atoms with Crippen LogP contribution < -0.4 is 5.32 Å². The minimum absolute atomic E-state index is 0.0806. The highest BCUT2D eigenvalue weighted by molar-refractivity contribution is 5.98. The van der Waals surface area contributed by atoms with Crippen molar-refractivity contribution >= 4 is 16.8 Å². The Morgan fingerprint density at radius 3 is 2.79 bits per heavy atom. The third-order valence-electron chi connectivity index (χ3n) is 5.45. The molecule has 1 saturated heterocycles. The molecule has 128 valence electrons. The number of benzene rings is 1. The normalized spacial score (nSPS) is 22.1. The van der Waals surface area contributed by atoms with Crippen LogP contribution in [0.4, 0.5) is 0 Å². The fourth-order valence-corrected chi connectivity index (χ4v) is 4.09. The van der Waals surface area contributed by atoms with Crippen LogP contribution >= 0.6 is 0 Å². The van der Waals surface area contributed by atoms with Gasteiger partial charge in [0, 0.05) is 36.0 Å². The quantitative estimate of drug-likeness (QED) is 0.930. The van der Waals surface area contributed by atoms with E-state index in [1.165, 1.54) is 19.3 Å². The molecule has 1 aromatic carbocycles. The number of aromatic nitrogens is 1. The van der Waals surface area contributed by atoms with Gasteiger partial charge in [-0.15, -0.1) is 0 Å². The van der Waals surface area contributed by atoms with Gasteiger partial charge in [0.15, 0.2) is 0 Å². The first-order chi connectivity index (χ1) is 11.8. The van der Waals surface area contributed by atoms with Crippen LogP contribution in [-0.2, 0) is 11.3 Å². The molecule has 2 heterocycles. The summed E-state index contributed by atoms with van der Waals surface area (Å²) in [5.41, 5.74) is 1.95. The summed E-state index contributed by atoms with van der Waals surface area (Å²) in [5.74, 6) is 0.582. The van der Waals surface area contributed by atoms with E-state index in [0.29, 0.717) is 12.0 Å². The number of hydrogen-bond acceptors (Lipinski definition) is 2. The maximum atomic E-state index is 12.9. The zero-order valence-corrected chi connectivity index (χ0v) is 14.2. The molecule has 1 N–H and O–H groups in total. The van der Waals surface area contributed by atoms with Crippen molar-refractivity contribution in [3.05, 3.63) is 36.0 Å². The number of nitrogens with one attached hydrogen (secondary N) is 1. The summed E-state index contributed by atoms with van der Waals surface area (Å²) in [6.07, 6.45) is 7.07. The summed E-state index contributed by atoms with van der Waals surface area (Å²) in [6.45, 7) is 2.50. The Bertz CT molecular complexity index is 709. The summed E-state index contributed by atoms with van der Waals surface area (Å²) >= 11 is 0. The number of amides is 1. The fourth-order valence-electron chi connectivity index (χ4n) is 4.09. The van der Waals surface area contributed by atoms with Crippen molar-refractivity contribution in [3.63, 3.8) is 0 Å². The lowest BCUT2D eigenvalue weighted by Gasteiger charge is -2.23. The molecule has 1 aliphatic heterocycles. The van der Waals surface area contributed by atoms with Crippen molar-refractivity contribution in [1.82, 2.24) is 9.88 Å². The Hall–Kier alpha value is -1.81. The van der Waals surface area contributed by atoms with Gasteiger partial charge in [0.25, 0.3) is 5.91 Å². The molecule has 0 radical (unpaired) electrons. The van der Waals surface area contributed by atoms with E-state index in [1.54, 1.807) is 0 Å². The van der Waals surface area contributed by atoms with Gasteiger partial charge < -0.3 is 14.6 Å². The zero-order valence-electron chi connectivity index (χ0n) is 14.2. The highest BCUT2D eigenvalue weighted by Crippen LogP contribution is 2.25. The minimum Gasteiger partial charge on any atom is -0.381 e. The summed E-state index contributed by atoms with van der Waals surface area (Å²) in [4.78, 5) is 12.9. The van der Waals surface area contributed by atoms with Gasteiger partial charge in [-0.25, -0.2) is 0 Å². The van der Waals surface area contributed by atoms with E-state index in [1.807, 2.05) is 18.2 Å². The monoisotopic (exact) mass is 326 g/mol. The van der Waals surface area contributed by atoms with Crippen LogP contribution in [0, 0.1) is 5.92 Å². The molecule has 2 aliphatic rings. The molecule has 24 heavy (non-hydrogen) atoms. The molecular weight excluding hydrogens is 300 g/mol. The second kappa shape index (κ2) is 6.98. The van der Waals surface area contributed by atoms with Gasteiger partial charge in [-0.3, -0.25) is 4.79 Å². The molecular formula is C20H26N2O2. The standard InChI is InChI=1S/C20H26N2O2/c23-20(21-17-7-2-1-3-8-17)19-12-16-6-4-5-9-18(16)22(19)13-15-10-11-24-14-15/h4-6,9,12,15,17H,1-3,7-8,10-11,13-14H2,(H,21,23). The van der Waals surface area contributed by atoms with Crippen LogP contribution in [0.1, 0.15) is 49.0 Å². The van der Waals surface area contributed by atoms with E-state index in [4.69, 9.17) is 4.74 Å². The number of nitrogens with zero attached hydrogens (tertiary/aromatic N) is 1. The van der Waals surface area contributed by atoms with Gasteiger partial charge in [0.1, 0.15) is 5.69 Å². The first-order valence-electron chi connectivity index (χ1n) is 9.28. The Morgan fingerprint density at radius 1 is 1.17 bits per heavy atom. The van der Waals surface area contributed by atoms with Gasteiger partial charge >= 0.3 is 0 Å². The molecule has 4 heteroatoms. The third-order valence-corrected chi connectivity index (χ3v) is 5.45. The molecule has 0 bridgehead atoms. The van der Waals surface area contributed by atoms with E-state index in [9.17, 15) is 4.79 Å². The van der Waals surface area contributed by atoms with Gasteiger partial charge in [-0.05, 0) is 31.4 Å². The van der Waals surface area contributed by atoms with Crippen molar-refractivity contribution in [2.75, 3.05) is 13.2 Å². The van der Waals surface area contributed by atoms with Crippen molar-refractivity contribution in [1.29, 1.82) is 0 Å². The first-order valence-corrected chi connectivity index (χ1v) is 9.28. The van der Waals surface area contributed by atoms with E-state index >= 15 is 0 Å². The first kappa shape index (κ1) is 15.7. The highest BCUT2D eigenvalue weighted by atomic mass is 16.5. The molecule has 2 fully saturated rings. The largest absolute Gasteiger partial charge is 0.381 e. The Kier molecular flexibility index (Phi) is 4.56. The van der Waals surface area contributed by atoms with Gasteiger partial charge in [-0.2, -0.15) is 0 Å². The lowest BCUT2D eigenvalue weighted by atomic mass is 9.95. The molecule has 1 atom stereocenters. The van der Waals surface area contributed by atoms with Crippen molar-refractivity contribution in [2.24, 2.45) is 5.92 Å². The molecule has 4 nitrogen and oxygen atoms in total. The molecule has 0 spiro atoms. The molecule has 1 saturated carbocycles. The second-order valence-corrected chi connectivity index (χ2v) is 7.24. The average Bonchev–Trinajstić information content (AvgIpc) is 3.25. The molecule has 2 aromatic rings. The zero-order chi connectivity index (χ0) is 16.4. The van der Waals surface area contributed by atoms with Crippen LogP contribution in [0.15, 0.2) is 30.3 Å². The van der Waals surface area contributed by atoms with E-state index in [-0.39, 0.29) is 5.91 Å². The number of para-hydroxylation sites is 1. The number of ether oxygens (including phenoxy) is 1. The number of carbonyl (C=O) groups excluding carboxylic acids is 1. The third kappa shape index (κ3) is 3.20. The summed E-state index contributed by atoms with van der Waals surface area (Å²) in [6, 6.07) is 10.7. The fraction of sp³-hybridized carbons (Fsp3) is 0.550. The SMILES string of the molecule is O=C(NC1CCCCC1)c1cc2ccccc2n1CC1CCOC1. The number of hydrogen-bond donors (Lipinski definition) is 1. The number of rotatable bonds is 4. The van der Waals surface area contributed by atoms with Crippen molar-refractivity contribution in [2.45, 2.75) is 51.1 Å². The summed E-state index contributed by atoms with van der Waals surface area (Å²) in [7, 11) is 0. The molecule has 1 aromatic heterocycles. The minimum atomic E-state index is 0.0806. The average molecular weight is 326 g/mol. The maximum absolute atomic E-state index is 12.9. The summed E-state index contributed by atoms with van der Waals surface area (Å²) < 4.78 is 7.73. The van der Waals surface area contributed by atoms with Crippen LogP contribution in [0.25, 0.3) is 10.9 Å². The highest BCUT2D eigenvalue weighted by Gasteiger charge is 2.23. The number of fused-ring (bicyclic) bond motifs is 1. The second-order valence-electron chi connectivity index (χ2n) is 7.24. The molecule has 1 aliphatic carbocycles. The topological polar surface area (TPSA) is 43.3 Å². The van der Waals surface area contributed by atoms with E-state index < -0.39 is 0 Å². The maximum Gasteiger partial charge on any atom is 0.268 e. The summed E-state index contributed by atoms with van der Waals surface area (Å²) in [5, 5.41) is 4.41. The van der Waals surface area contributed by atoms with Crippen LogP contribution in [0.5, 0.6) is 0 Å². The molecule has 1 unspecified atom stereocenters. The molecule has 4 rings (SSSR count). The van der Waals surface area contributed by atoms with E-state index in [0.717, 1.165) is 55.6 Å². The lowest BCUT2D eigenvalue weighted by molar-refractivity contribution is 0.0917. The van der Waals surface area contributed by atoms with E-state index in [2.05, 4.69) is 22.0 Å². The Balaban J connectivity index is 1.61. The predicted octanol–water partition coefficient (Wildman–Crippen LogP) is 3.74. The lowest BCUT2D eigenvalue weighted by Crippen LogP contribution is -2.37. The van der Waals surface area contributed by atoms with Gasteiger partial charge in [-0.1, -0.05) is 37.5 Å². The smallest absolute Gasteiger partial charge is 0.268 e. The Labute approximate surface area is 143 Å². The van der Waals surface area contributed by atoms with Crippen molar-refractivity contribution in [3.8, 4) is 0 Å². The molecule has 1 amide bonds. The van der Waals surface area contributed by atoms with Crippen LogP contribution in [-0.4, -0.2) is 29.7 Å². The van der Waals surface area contributed by atoms with Gasteiger partial charge in [0.05, 0.1) is 6.61 Å². The van der Waals surface area contributed by atoms with Crippen LogP contribution in [0.2, 0.25) is 0 Å².